The SMILES string of the molecule is CC(C)c1ccc(C[NH+]2CCN(c3ccc(C(F)(F)F)c[nH+]3)CC2)cc1. The maximum Gasteiger partial charge on any atom is 0.419 e. The van der Waals surface area contributed by atoms with Gasteiger partial charge in [-0.2, -0.15) is 13.2 Å². The number of halogens is 3. The van der Waals surface area contributed by atoms with Gasteiger partial charge in [-0.15, -0.1) is 0 Å². The minimum Gasteiger partial charge on any atom is -0.325 e. The fourth-order valence-corrected chi connectivity index (χ4v) is 3.34. The van der Waals surface area contributed by atoms with Crippen molar-refractivity contribution in [3.63, 3.8) is 0 Å². The highest BCUT2D eigenvalue weighted by molar-refractivity contribution is 5.34. The Bertz CT molecular complexity index is 701. The number of nitrogens with zero attached hydrogens (tertiary/aromatic N) is 1. The number of quaternary nitrogens is 1. The van der Waals surface area contributed by atoms with Gasteiger partial charge in [-0.05, 0) is 17.5 Å². The number of hydrogen-bond acceptors (Lipinski definition) is 1. The maximum absolute atomic E-state index is 12.7. The third-order valence-electron chi connectivity index (χ3n) is 5.04. The first-order chi connectivity index (χ1) is 12.3. The number of rotatable bonds is 4. The summed E-state index contributed by atoms with van der Waals surface area (Å²) in [4.78, 5) is 6.41. The number of hydrogen-bond donors (Lipinski definition) is 1. The van der Waals surface area contributed by atoms with Crippen molar-refractivity contribution in [2.45, 2.75) is 32.5 Å². The summed E-state index contributed by atoms with van der Waals surface area (Å²) in [5.41, 5.74) is 2.04. The van der Waals surface area contributed by atoms with E-state index < -0.39 is 11.7 Å². The molecule has 0 unspecified atom stereocenters. The van der Waals surface area contributed by atoms with E-state index in [4.69, 9.17) is 0 Å². The molecule has 3 nitrogen and oxygen atoms in total. The van der Waals surface area contributed by atoms with Gasteiger partial charge < -0.3 is 4.90 Å². The van der Waals surface area contributed by atoms with Crippen LogP contribution in [0.25, 0.3) is 0 Å². The molecule has 26 heavy (non-hydrogen) atoms. The summed E-state index contributed by atoms with van der Waals surface area (Å²) >= 11 is 0. The summed E-state index contributed by atoms with van der Waals surface area (Å²) in [5, 5.41) is 0. The third kappa shape index (κ3) is 4.55. The molecule has 1 saturated heterocycles. The van der Waals surface area contributed by atoms with Crippen molar-refractivity contribution in [2.24, 2.45) is 0 Å². The van der Waals surface area contributed by atoms with Gasteiger partial charge in [0, 0.05) is 11.6 Å². The van der Waals surface area contributed by atoms with Crippen molar-refractivity contribution in [3.8, 4) is 0 Å². The molecule has 1 aliphatic heterocycles. The zero-order valence-electron chi connectivity index (χ0n) is 15.2. The molecular formula is C20H26F3N3+2. The van der Waals surface area contributed by atoms with Crippen LogP contribution in [-0.4, -0.2) is 26.2 Å². The van der Waals surface area contributed by atoms with E-state index in [1.807, 2.05) is 0 Å². The Hall–Kier alpha value is -2.08. The molecule has 2 aromatic rings. The lowest BCUT2D eigenvalue weighted by molar-refractivity contribution is -0.914. The lowest BCUT2D eigenvalue weighted by atomic mass is 10.0. The molecule has 0 aliphatic carbocycles. The van der Waals surface area contributed by atoms with E-state index in [2.05, 4.69) is 48.0 Å². The van der Waals surface area contributed by atoms with Crippen molar-refractivity contribution in [1.82, 2.24) is 0 Å². The number of pyridine rings is 1. The topological polar surface area (TPSA) is 21.8 Å². The lowest BCUT2D eigenvalue weighted by Gasteiger charge is -2.28. The summed E-state index contributed by atoms with van der Waals surface area (Å²) in [7, 11) is 0. The molecule has 3 rings (SSSR count). The fraction of sp³-hybridized carbons (Fsp3) is 0.450. The molecule has 1 aliphatic rings. The monoisotopic (exact) mass is 365 g/mol. The van der Waals surface area contributed by atoms with Crippen LogP contribution in [0.4, 0.5) is 19.0 Å². The standard InChI is InChI=1S/C20H24F3N3/c1-15(2)17-5-3-16(4-6-17)14-25-9-11-26(12-10-25)19-8-7-18(13-24-19)20(21,22)23/h3-8,13,15H,9-12,14H2,1-2H3/p+2. The van der Waals surface area contributed by atoms with Gasteiger partial charge in [0.15, 0.2) is 0 Å². The normalized spacial score (nSPS) is 16.3. The summed E-state index contributed by atoms with van der Waals surface area (Å²) in [5.74, 6) is 1.29. The van der Waals surface area contributed by atoms with Crippen LogP contribution in [0.3, 0.4) is 0 Å². The van der Waals surface area contributed by atoms with Crippen molar-refractivity contribution in [3.05, 3.63) is 59.3 Å². The number of nitrogens with one attached hydrogen (secondary N) is 2. The van der Waals surface area contributed by atoms with Crippen LogP contribution in [-0.2, 0) is 12.7 Å². The Labute approximate surface area is 152 Å². The second-order valence-corrected chi connectivity index (χ2v) is 7.27. The molecule has 0 radical (unpaired) electrons. The Kier molecular flexibility index (Phi) is 5.51. The third-order valence-corrected chi connectivity index (χ3v) is 5.04. The van der Waals surface area contributed by atoms with E-state index in [9.17, 15) is 13.2 Å². The van der Waals surface area contributed by atoms with Crippen molar-refractivity contribution in [1.29, 1.82) is 0 Å². The summed E-state index contributed by atoms with van der Waals surface area (Å²) in [6, 6.07) is 11.5. The Morgan fingerprint density at radius 2 is 1.69 bits per heavy atom. The van der Waals surface area contributed by atoms with Gasteiger partial charge in [0.25, 0.3) is 5.82 Å². The number of alkyl halides is 3. The van der Waals surface area contributed by atoms with E-state index in [0.29, 0.717) is 5.92 Å². The quantitative estimate of drug-likeness (QED) is 0.884. The van der Waals surface area contributed by atoms with Crippen LogP contribution in [0.5, 0.6) is 0 Å². The second-order valence-electron chi connectivity index (χ2n) is 7.27. The molecule has 2 heterocycles. The molecule has 0 saturated carbocycles. The molecule has 1 aromatic carbocycles. The van der Waals surface area contributed by atoms with Crippen LogP contribution in [0.15, 0.2) is 42.6 Å². The molecule has 6 heteroatoms. The average molecular weight is 365 g/mol. The minimum atomic E-state index is -4.30. The molecule has 1 fully saturated rings. The van der Waals surface area contributed by atoms with Crippen LogP contribution in [0.2, 0.25) is 0 Å². The van der Waals surface area contributed by atoms with Crippen LogP contribution in [0, 0.1) is 0 Å². The summed E-state index contributed by atoms with van der Waals surface area (Å²) < 4.78 is 38.0. The average Bonchev–Trinajstić information content (AvgIpc) is 2.62. The number of piperazine rings is 1. The first-order valence-electron chi connectivity index (χ1n) is 9.09. The van der Waals surface area contributed by atoms with Gasteiger partial charge >= 0.3 is 6.18 Å². The van der Waals surface area contributed by atoms with Gasteiger partial charge in [-0.25, -0.2) is 4.98 Å². The molecule has 0 amide bonds. The molecule has 1 aromatic heterocycles. The van der Waals surface area contributed by atoms with Crippen LogP contribution < -0.4 is 14.8 Å². The number of benzene rings is 1. The Morgan fingerprint density at radius 1 is 1.04 bits per heavy atom. The highest BCUT2D eigenvalue weighted by atomic mass is 19.4. The number of anilines is 1. The molecule has 140 valence electrons. The first-order valence-corrected chi connectivity index (χ1v) is 9.09. The van der Waals surface area contributed by atoms with Gasteiger partial charge in [0.2, 0.25) is 0 Å². The molecular weight excluding hydrogens is 339 g/mol. The van der Waals surface area contributed by atoms with Gasteiger partial charge in [0.1, 0.15) is 38.9 Å². The van der Waals surface area contributed by atoms with E-state index in [0.717, 1.165) is 50.8 Å². The van der Waals surface area contributed by atoms with E-state index in [1.165, 1.54) is 22.1 Å². The Morgan fingerprint density at radius 3 is 2.19 bits per heavy atom. The van der Waals surface area contributed by atoms with Crippen molar-refractivity contribution in [2.75, 3.05) is 31.1 Å². The lowest BCUT2D eigenvalue weighted by Crippen LogP contribution is -3.13. The van der Waals surface area contributed by atoms with E-state index >= 15 is 0 Å². The highest BCUT2D eigenvalue weighted by Crippen LogP contribution is 2.28. The minimum absolute atomic E-state index is 0.542. The summed E-state index contributed by atoms with van der Waals surface area (Å²) in [6.45, 7) is 8.99. The number of H-pyrrole nitrogens is 1. The molecule has 0 bridgehead atoms. The van der Waals surface area contributed by atoms with Gasteiger partial charge in [0.05, 0.1) is 5.56 Å². The zero-order chi connectivity index (χ0) is 18.7. The number of aromatic nitrogens is 1. The summed E-state index contributed by atoms with van der Waals surface area (Å²) in [6.07, 6.45) is -3.26. The highest BCUT2D eigenvalue weighted by Gasteiger charge is 2.33. The largest absolute Gasteiger partial charge is 0.419 e. The molecule has 2 N–H and O–H groups in total. The predicted octanol–water partition coefficient (Wildman–Crippen LogP) is 2.55. The zero-order valence-corrected chi connectivity index (χ0v) is 15.2. The maximum atomic E-state index is 12.7. The van der Waals surface area contributed by atoms with Crippen molar-refractivity contribution < 1.29 is 23.1 Å². The first kappa shape index (κ1) is 18.7. The molecule has 0 atom stereocenters. The molecule has 0 spiro atoms. The second kappa shape index (κ2) is 7.66. The Balaban J connectivity index is 1.54. The van der Waals surface area contributed by atoms with E-state index in [-0.39, 0.29) is 0 Å². The van der Waals surface area contributed by atoms with Crippen molar-refractivity contribution >= 4 is 5.82 Å². The number of aromatic amines is 1. The van der Waals surface area contributed by atoms with Gasteiger partial charge in [-0.1, -0.05) is 38.1 Å². The predicted molar refractivity (Wildman–Crippen MR) is 95.1 cm³/mol. The van der Waals surface area contributed by atoms with E-state index in [1.54, 1.807) is 0 Å². The van der Waals surface area contributed by atoms with Crippen LogP contribution in [0.1, 0.15) is 36.5 Å². The van der Waals surface area contributed by atoms with Gasteiger partial charge in [-0.3, -0.25) is 4.90 Å². The fourth-order valence-electron chi connectivity index (χ4n) is 3.34. The van der Waals surface area contributed by atoms with Crippen LogP contribution >= 0.6 is 0 Å². The smallest absolute Gasteiger partial charge is 0.325 e.